The Kier molecular flexibility index (Phi) is 5.10. The molecule has 0 amide bonds. The molecule has 0 radical (unpaired) electrons. The van der Waals surface area contributed by atoms with E-state index in [2.05, 4.69) is 35.2 Å². The normalized spacial score (nSPS) is 27.8. The van der Waals surface area contributed by atoms with E-state index in [1.807, 2.05) is 0 Å². The van der Waals surface area contributed by atoms with Crippen LogP contribution in [0.1, 0.15) is 44.1 Å². The molecule has 1 aromatic rings. The molecule has 0 bridgehead atoms. The van der Waals surface area contributed by atoms with Crippen LogP contribution < -0.4 is 0 Å². The van der Waals surface area contributed by atoms with Crippen molar-refractivity contribution in [3.05, 3.63) is 35.9 Å². The summed E-state index contributed by atoms with van der Waals surface area (Å²) in [6, 6.07) is 11.4. The number of rotatable bonds is 5. The van der Waals surface area contributed by atoms with Crippen molar-refractivity contribution in [1.29, 1.82) is 0 Å². The molecule has 1 saturated carbocycles. The molecular weight excluding hydrogens is 246 g/mol. The van der Waals surface area contributed by atoms with Crippen molar-refractivity contribution in [2.45, 2.75) is 57.1 Å². The van der Waals surface area contributed by atoms with Gasteiger partial charge >= 0.3 is 0 Å². The van der Waals surface area contributed by atoms with Crippen LogP contribution in [0.3, 0.4) is 0 Å². The van der Waals surface area contributed by atoms with Crippen LogP contribution in [0.4, 0.5) is 0 Å². The van der Waals surface area contributed by atoms with Crippen LogP contribution in [0.2, 0.25) is 0 Å². The zero-order valence-electron chi connectivity index (χ0n) is 12.5. The number of nitrogens with zero attached hydrogens (tertiary/aromatic N) is 1. The number of benzene rings is 1. The highest BCUT2D eigenvalue weighted by atomic mass is 16.5. The summed E-state index contributed by atoms with van der Waals surface area (Å²) in [6.07, 6.45) is 9.63. The van der Waals surface area contributed by atoms with Crippen molar-refractivity contribution in [1.82, 2.24) is 4.90 Å². The van der Waals surface area contributed by atoms with Crippen LogP contribution in [-0.4, -0.2) is 36.7 Å². The molecule has 0 N–H and O–H groups in total. The number of ether oxygens (including phenoxy) is 1. The second-order valence-corrected chi connectivity index (χ2v) is 6.24. The van der Waals surface area contributed by atoms with Gasteiger partial charge in [-0.1, -0.05) is 43.2 Å². The third-order valence-electron chi connectivity index (χ3n) is 4.84. The standard InChI is InChI=1S/C18H27NO/c1-2-8-16(9-3-1)12-15-20-18-11-5-4-10-17(18)19-13-6-7-14-19/h1-3,8-9,17-18H,4-7,10-15H2/t17-,18-/m0/s1. The molecule has 1 aliphatic carbocycles. The van der Waals surface area contributed by atoms with Gasteiger partial charge in [-0.3, -0.25) is 4.90 Å². The van der Waals surface area contributed by atoms with Gasteiger partial charge in [-0.2, -0.15) is 0 Å². The van der Waals surface area contributed by atoms with E-state index in [0.29, 0.717) is 12.1 Å². The zero-order valence-corrected chi connectivity index (χ0v) is 12.5. The van der Waals surface area contributed by atoms with Crippen molar-refractivity contribution in [3.63, 3.8) is 0 Å². The van der Waals surface area contributed by atoms with Gasteiger partial charge in [0, 0.05) is 6.04 Å². The van der Waals surface area contributed by atoms with Crippen molar-refractivity contribution < 1.29 is 4.74 Å². The Morgan fingerprint density at radius 1 is 0.950 bits per heavy atom. The third-order valence-corrected chi connectivity index (χ3v) is 4.84. The molecule has 1 aliphatic heterocycles. The molecule has 2 aliphatic rings. The van der Waals surface area contributed by atoms with E-state index in [1.165, 1.54) is 57.2 Å². The monoisotopic (exact) mass is 273 g/mol. The van der Waals surface area contributed by atoms with Gasteiger partial charge in [-0.05, 0) is 50.8 Å². The highest BCUT2D eigenvalue weighted by molar-refractivity contribution is 5.14. The Balaban J connectivity index is 1.49. The SMILES string of the molecule is c1ccc(CCO[C@H]2CCCC[C@@H]2N2CCCC2)cc1. The van der Waals surface area contributed by atoms with Gasteiger partial charge in [0.05, 0.1) is 12.7 Å². The molecule has 2 atom stereocenters. The molecule has 2 nitrogen and oxygen atoms in total. The topological polar surface area (TPSA) is 12.5 Å². The first-order valence-electron chi connectivity index (χ1n) is 8.33. The number of likely N-dealkylation sites (tertiary alicyclic amines) is 1. The Morgan fingerprint density at radius 2 is 1.70 bits per heavy atom. The molecule has 2 heteroatoms. The average molecular weight is 273 g/mol. The Morgan fingerprint density at radius 3 is 2.50 bits per heavy atom. The molecule has 1 heterocycles. The maximum absolute atomic E-state index is 6.27. The summed E-state index contributed by atoms with van der Waals surface area (Å²) >= 11 is 0. The van der Waals surface area contributed by atoms with Crippen LogP contribution in [0.15, 0.2) is 30.3 Å². The lowest BCUT2D eigenvalue weighted by atomic mass is 9.91. The summed E-state index contributed by atoms with van der Waals surface area (Å²) in [5.74, 6) is 0. The number of hydrogen-bond donors (Lipinski definition) is 0. The van der Waals surface area contributed by atoms with E-state index in [1.54, 1.807) is 0 Å². The molecule has 2 fully saturated rings. The zero-order chi connectivity index (χ0) is 13.6. The summed E-state index contributed by atoms with van der Waals surface area (Å²) in [5, 5.41) is 0. The molecule has 110 valence electrons. The Hall–Kier alpha value is -0.860. The summed E-state index contributed by atoms with van der Waals surface area (Å²) in [6.45, 7) is 3.46. The maximum atomic E-state index is 6.27. The smallest absolute Gasteiger partial charge is 0.0730 e. The third kappa shape index (κ3) is 3.62. The van der Waals surface area contributed by atoms with Crippen molar-refractivity contribution in [2.24, 2.45) is 0 Å². The van der Waals surface area contributed by atoms with Crippen LogP contribution in [-0.2, 0) is 11.2 Å². The van der Waals surface area contributed by atoms with Gasteiger partial charge in [0.2, 0.25) is 0 Å². The van der Waals surface area contributed by atoms with E-state index in [4.69, 9.17) is 4.74 Å². The highest BCUT2D eigenvalue weighted by Gasteiger charge is 2.31. The maximum Gasteiger partial charge on any atom is 0.0730 e. The second kappa shape index (κ2) is 7.24. The quantitative estimate of drug-likeness (QED) is 0.812. The first kappa shape index (κ1) is 14.1. The fraction of sp³-hybridized carbons (Fsp3) is 0.667. The molecular formula is C18H27NO. The van der Waals surface area contributed by atoms with E-state index in [-0.39, 0.29) is 0 Å². The minimum absolute atomic E-state index is 0.477. The lowest BCUT2D eigenvalue weighted by Crippen LogP contribution is -2.45. The lowest BCUT2D eigenvalue weighted by Gasteiger charge is -2.37. The molecule has 0 spiro atoms. The van der Waals surface area contributed by atoms with Gasteiger partial charge in [0.15, 0.2) is 0 Å². The molecule has 0 aromatic heterocycles. The largest absolute Gasteiger partial charge is 0.376 e. The van der Waals surface area contributed by atoms with Crippen LogP contribution in [0.25, 0.3) is 0 Å². The predicted molar refractivity (Wildman–Crippen MR) is 82.9 cm³/mol. The van der Waals surface area contributed by atoms with Crippen molar-refractivity contribution in [2.75, 3.05) is 19.7 Å². The fourth-order valence-corrected chi connectivity index (χ4v) is 3.74. The van der Waals surface area contributed by atoms with Crippen LogP contribution in [0, 0.1) is 0 Å². The molecule has 20 heavy (non-hydrogen) atoms. The Bertz CT molecular complexity index is 386. The number of hydrogen-bond acceptors (Lipinski definition) is 2. The van der Waals surface area contributed by atoms with Gasteiger partial charge in [0.1, 0.15) is 0 Å². The van der Waals surface area contributed by atoms with Gasteiger partial charge in [0.25, 0.3) is 0 Å². The second-order valence-electron chi connectivity index (χ2n) is 6.24. The van der Waals surface area contributed by atoms with E-state index >= 15 is 0 Å². The van der Waals surface area contributed by atoms with E-state index in [9.17, 15) is 0 Å². The minimum Gasteiger partial charge on any atom is -0.376 e. The fourth-order valence-electron chi connectivity index (χ4n) is 3.74. The summed E-state index contributed by atoms with van der Waals surface area (Å²) in [5.41, 5.74) is 1.39. The lowest BCUT2D eigenvalue weighted by molar-refractivity contribution is -0.0290. The van der Waals surface area contributed by atoms with Crippen LogP contribution in [0.5, 0.6) is 0 Å². The van der Waals surface area contributed by atoms with E-state index < -0.39 is 0 Å². The van der Waals surface area contributed by atoms with Gasteiger partial charge < -0.3 is 4.74 Å². The van der Waals surface area contributed by atoms with E-state index in [0.717, 1.165) is 13.0 Å². The summed E-state index contributed by atoms with van der Waals surface area (Å²) in [7, 11) is 0. The average Bonchev–Trinajstić information content (AvgIpc) is 3.03. The molecule has 1 aromatic carbocycles. The first-order valence-corrected chi connectivity index (χ1v) is 8.33. The molecule has 0 unspecified atom stereocenters. The van der Waals surface area contributed by atoms with Crippen molar-refractivity contribution in [3.8, 4) is 0 Å². The summed E-state index contributed by atoms with van der Waals surface area (Å²) < 4.78 is 6.27. The highest BCUT2D eigenvalue weighted by Crippen LogP contribution is 2.28. The molecule has 3 rings (SSSR count). The Labute approximate surface area is 123 Å². The first-order chi connectivity index (χ1) is 9.93. The minimum atomic E-state index is 0.477. The van der Waals surface area contributed by atoms with Crippen molar-refractivity contribution >= 4 is 0 Å². The predicted octanol–water partition coefficient (Wildman–Crippen LogP) is 3.65. The summed E-state index contributed by atoms with van der Waals surface area (Å²) in [4.78, 5) is 2.69. The van der Waals surface area contributed by atoms with Crippen LogP contribution >= 0.6 is 0 Å². The van der Waals surface area contributed by atoms with Gasteiger partial charge in [-0.15, -0.1) is 0 Å². The molecule has 1 saturated heterocycles. The van der Waals surface area contributed by atoms with Gasteiger partial charge in [-0.25, -0.2) is 0 Å².